The van der Waals surface area contributed by atoms with E-state index in [2.05, 4.69) is 25.1 Å². The summed E-state index contributed by atoms with van der Waals surface area (Å²) < 4.78 is 37.8. The van der Waals surface area contributed by atoms with E-state index in [0.29, 0.717) is 29.9 Å². The molecule has 0 aliphatic heterocycles. The third-order valence-electron chi connectivity index (χ3n) is 4.65. The van der Waals surface area contributed by atoms with Crippen LogP contribution in [0.4, 0.5) is 13.2 Å². The van der Waals surface area contributed by atoms with Gasteiger partial charge in [-0.05, 0) is 38.8 Å². The van der Waals surface area contributed by atoms with Gasteiger partial charge in [0.1, 0.15) is 5.69 Å². The van der Waals surface area contributed by atoms with Gasteiger partial charge >= 0.3 is 6.18 Å². The molecule has 0 saturated heterocycles. The zero-order valence-electron chi connectivity index (χ0n) is 16.6. The summed E-state index contributed by atoms with van der Waals surface area (Å²) >= 11 is 0. The van der Waals surface area contributed by atoms with Crippen LogP contribution in [0.25, 0.3) is 5.69 Å². The van der Waals surface area contributed by atoms with Crippen LogP contribution in [0.5, 0.6) is 0 Å². The van der Waals surface area contributed by atoms with Crippen LogP contribution in [-0.4, -0.2) is 53.8 Å². The number of aromatic nitrogens is 6. The first kappa shape index (κ1) is 21.3. The first-order valence-electron chi connectivity index (χ1n) is 9.16. The molecule has 0 aliphatic rings. The summed E-state index contributed by atoms with van der Waals surface area (Å²) in [5.41, 5.74) is 0.746. The van der Waals surface area contributed by atoms with Crippen LogP contribution in [0.2, 0.25) is 0 Å². The Morgan fingerprint density at radius 2 is 1.87 bits per heavy atom. The number of amides is 1. The Balaban J connectivity index is 1.70. The van der Waals surface area contributed by atoms with Gasteiger partial charge in [-0.1, -0.05) is 0 Å². The first-order chi connectivity index (χ1) is 14.2. The third kappa shape index (κ3) is 4.78. The van der Waals surface area contributed by atoms with E-state index in [1.54, 1.807) is 26.1 Å². The van der Waals surface area contributed by atoms with Crippen LogP contribution in [0.15, 0.2) is 36.9 Å². The molecule has 1 amide bonds. The molecular weight excluding hydrogens is 399 g/mol. The summed E-state index contributed by atoms with van der Waals surface area (Å²) in [5.74, 6) is -0.308. The van der Waals surface area contributed by atoms with E-state index in [4.69, 9.17) is 0 Å². The van der Waals surface area contributed by atoms with E-state index in [9.17, 15) is 18.0 Å². The quantitative estimate of drug-likeness (QED) is 0.610. The number of aryl methyl sites for hydroxylation is 2. The van der Waals surface area contributed by atoms with Crippen LogP contribution in [-0.2, 0) is 12.6 Å². The summed E-state index contributed by atoms with van der Waals surface area (Å²) in [5, 5.41) is 8.13. The van der Waals surface area contributed by atoms with Gasteiger partial charge in [-0.3, -0.25) is 9.78 Å². The summed E-state index contributed by atoms with van der Waals surface area (Å²) in [6.07, 6.45) is 1.18. The van der Waals surface area contributed by atoms with E-state index in [1.807, 2.05) is 6.92 Å². The van der Waals surface area contributed by atoms with Gasteiger partial charge in [0.2, 0.25) is 0 Å². The standard InChI is InChI=1S/C19H20F3N7O/c1-12-4-7-15(29-25-8-9-26-29)17(27-12)18(30)28(3)13(2)5-6-14-10-24-16(11-23-14)19(20,21)22/h4,7-11,13H,5-6H2,1-3H3/t13-/m0/s1. The van der Waals surface area contributed by atoms with Crippen molar-refractivity contribution >= 4 is 5.91 Å². The molecular formula is C19H20F3N7O. The molecule has 3 heterocycles. The van der Waals surface area contributed by atoms with Crippen molar-refractivity contribution in [1.82, 2.24) is 34.8 Å². The molecule has 0 aromatic carbocycles. The van der Waals surface area contributed by atoms with Crippen LogP contribution in [0.1, 0.15) is 40.9 Å². The van der Waals surface area contributed by atoms with Crippen molar-refractivity contribution in [3.05, 3.63) is 59.7 Å². The lowest BCUT2D eigenvalue weighted by Crippen LogP contribution is -2.36. The molecule has 1 atom stereocenters. The van der Waals surface area contributed by atoms with Crippen molar-refractivity contribution in [1.29, 1.82) is 0 Å². The van der Waals surface area contributed by atoms with Crippen LogP contribution < -0.4 is 0 Å². The molecule has 11 heteroatoms. The van der Waals surface area contributed by atoms with Crippen LogP contribution in [0, 0.1) is 6.92 Å². The average Bonchev–Trinajstić information content (AvgIpc) is 3.25. The fourth-order valence-electron chi connectivity index (χ4n) is 2.76. The van der Waals surface area contributed by atoms with Crippen molar-refractivity contribution in [2.24, 2.45) is 0 Å². The van der Waals surface area contributed by atoms with Crippen molar-refractivity contribution in [2.75, 3.05) is 7.05 Å². The van der Waals surface area contributed by atoms with Gasteiger partial charge in [-0.2, -0.15) is 23.4 Å². The molecule has 0 unspecified atom stereocenters. The monoisotopic (exact) mass is 419 g/mol. The van der Waals surface area contributed by atoms with Crippen molar-refractivity contribution in [2.45, 2.75) is 38.9 Å². The van der Waals surface area contributed by atoms with E-state index < -0.39 is 11.9 Å². The van der Waals surface area contributed by atoms with E-state index >= 15 is 0 Å². The number of pyridine rings is 1. The molecule has 0 aliphatic carbocycles. The number of carbonyl (C=O) groups is 1. The number of rotatable bonds is 6. The Morgan fingerprint density at radius 3 is 2.47 bits per heavy atom. The zero-order chi connectivity index (χ0) is 21.9. The zero-order valence-corrected chi connectivity index (χ0v) is 16.6. The van der Waals surface area contributed by atoms with E-state index in [1.165, 1.54) is 22.1 Å². The summed E-state index contributed by atoms with van der Waals surface area (Å²) in [7, 11) is 1.65. The maximum Gasteiger partial charge on any atom is 0.434 e. The van der Waals surface area contributed by atoms with Crippen molar-refractivity contribution < 1.29 is 18.0 Å². The van der Waals surface area contributed by atoms with Gasteiger partial charge in [0.15, 0.2) is 11.4 Å². The van der Waals surface area contributed by atoms with Gasteiger partial charge in [0, 0.05) is 25.0 Å². The maximum absolute atomic E-state index is 13.1. The Morgan fingerprint density at radius 1 is 1.17 bits per heavy atom. The topological polar surface area (TPSA) is 89.7 Å². The largest absolute Gasteiger partial charge is 0.434 e. The van der Waals surface area contributed by atoms with Crippen molar-refractivity contribution in [3.8, 4) is 5.69 Å². The lowest BCUT2D eigenvalue weighted by molar-refractivity contribution is -0.141. The minimum atomic E-state index is -4.52. The Kier molecular flexibility index (Phi) is 6.09. The second-order valence-electron chi connectivity index (χ2n) is 6.83. The molecule has 3 aromatic heterocycles. The lowest BCUT2D eigenvalue weighted by Gasteiger charge is -2.25. The predicted molar refractivity (Wildman–Crippen MR) is 101 cm³/mol. The van der Waals surface area contributed by atoms with Gasteiger partial charge < -0.3 is 4.90 Å². The minimum absolute atomic E-state index is 0.217. The first-order valence-corrected chi connectivity index (χ1v) is 9.16. The number of hydrogen-bond donors (Lipinski definition) is 0. The number of hydrogen-bond acceptors (Lipinski definition) is 6. The minimum Gasteiger partial charge on any atom is -0.338 e. The number of nitrogens with zero attached hydrogens (tertiary/aromatic N) is 7. The molecule has 3 rings (SSSR count). The van der Waals surface area contributed by atoms with Gasteiger partial charge in [-0.25, -0.2) is 9.97 Å². The molecule has 0 spiro atoms. The molecule has 0 radical (unpaired) electrons. The van der Waals surface area contributed by atoms with Gasteiger partial charge in [0.05, 0.1) is 24.3 Å². The maximum atomic E-state index is 13.1. The van der Waals surface area contributed by atoms with Crippen molar-refractivity contribution in [3.63, 3.8) is 0 Å². The van der Waals surface area contributed by atoms with Crippen LogP contribution >= 0.6 is 0 Å². The summed E-state index contributed by atoms with van der Waals surface area (Å²) in [4.78, 5) is 27.5. The average molecular weight is 419 g/mol. The second-order valence-corrected chi connectivity index (χ2v) is 6.83. The summed E-state index contributed by atoms with van der Waals surface area (Å²) in [6.45, 7) is 3.63. The van der Waals surface area contributed by atoms with Gasteiger partial charge in [-0.15, -0.1) is 4.80 Å². The van der Waals surface area contributed by atoms with Crippen LogP contribution in [0.3, 0.4) is 0 Å². The number of carbonyl (C=O) groups excluding carboxylic acids is 1. The summed E-state index contributed by atoms with van der Waals surface area (Å²) in [6, 6.07) is 3.27. The fraction of sp³-hybridized carbons (Fsp3) is 0.368. The lowest BCUT2D eigenvalue weighted by atomic mass is 10.1. The highest BCUT2D eigenvalue weighted by atomic mass is 19.4. The molecule has 0 N–H and O–H groups in total. The second kappa shape index (κ2) is 8.56. The SMILES string of the molecule is Cc1ccc(-n2nccn2)c(C(=O)N(C)[C@@H](C)CCc2cnc(C(F)(F)F)cn2)n1. The van der Waals surface area contributed by atoms with E-state index in [0.717, 1.165) is 12.4 Å². The Bertz CT molecular complexity index is 1000. The molecule has 0 bridgehead atoms. The smallest absolute Gasteiger partial charge is 0.338 e. The highest BCUT2D eigenvalue weighted by Gasteiger charge is 2.32. The molecule has 0 saturated carbocycles. The molecule has 30 heavy (non-hydrogen) atoms. The van der Waals surface area contributed by atoms with E-state index in [-0.39, 0.29) is 17.6 Å². The highest BCUT2D eigenvalue weighted by Crippen LogP contribution is 2.26. The van der Waals surface area contributed by atoms with Gasteiger partial charge in [0.25, 0.3) is 5.91 Å². The molecule has 158 valence electrons. The number of alkyl halides is 3. The fourth-order valence-corrected chi connectivity index (χ4v) is 2.76. The molecule has 0 fully saturated rings. The number of halogens is 3. The molecule has 3 aromatic rings. The highest BCUT2D eigenvalue weighted by molar-refractivity contribution is 5.95. The normalized spacial score (nSPS) is 12.6. The molecule has 8 nitrogen and oxygen atoms in total. The Hall–Kier alpha value is -3.37. The predicted octanol–water partition coefficient (Wildman–Crippen LogP) is 2.87. The Labute approximate surface area is 170 Å². The third-order valence-corrected chi connectivity index (χ3v) is 4.65.